The standard InChI is InChI=1S/C12H12Cl2FNO/c13-8-3-4-11(15)10(6-8)12(17)16-5-1-2-9(14)7-16/h3-4,6,9H,1-2,5,7H2. The van der Waals surface area contributed by atoms with Crippen molar-refractivity contribution < 1.29 is 9.18 Å². The van der Waals surface area contributed by atoms with Crippen molar-refractivity contribution in [3.8, 4) is 0 Å². The molecule has 1 saturated heterocycles. The van der Waals surface area contributed by atoms with E-state index in [9.17, 15) is 9.18 Å². The molecule has 0 spiro atoms. The van der Waals surface area contributed by atoms with Gasteiger partial charge >= 0.3 is 0 Å². The highest BCUT2D eigenvalue weighted by Gasteiger charge is 2.25. The van der Waals surface area contributed by atoms with Crippen LogP contribution in [-0.4, -0.2) is 29.3 Å². The number of carbonyl (C=O) groups excluding carboxylic acids is 1. The average molecular weight is 276 g/mol. The Bertz CT molecular complexity index is 439. The van der Waals surface area contributed by atoms with Gasteiger partial charge in [-0.25, -0.2) is 4.39 Å². The monoisotopic (exact) mass is 275 g/mol. The van der Waals surface area contributed by atoms with Crippen LogP contribution < -0.4 is 0 Å². The number of piperidine rings is 1. The van der Waals surface area contributed by atoms with E-state index in [1.165, 1.54) is 18.2 Å². The molecule has 1 aliphatic heterocycles. The second kappa shape index (κ2) is 5.23. The number of amides is 1. The summed E-state index contributed by atoms with van der Waals surface area (Å²) in [6, 6.07) is 3.99. The number of likely N-dealkylation sites (tertiary alicyclic amines) is 1. The van der Waals surface area contributed by atoms with E-state index in [-0.39, 0.29) is 16.8 Å². The van der Waals surface area contributed by atoms with Gasteiger partial charge < -0.3 is 4.90 Å². The highest BCUT2D eigenvalue weighted by Crippen LogP contribution is 2.21. The average Bonchev–Trinajstić information content (AvgIpc) is 2.31. The van der Waals surface area contributed by atoms with Crippen LogP contribution in [0.2, 0.25) is 5.02 Å². The number of hydrogen-bond acceptors (Lipinski definition) is 1. The second-order valence-electron chi connectivity index (χ2n) is 4.11. The van der Waals surface area contributed by atoms with E-state index in [0.717, 1.165) is 12.8 Å². The van der Waals surface area contributed by atoms with E-state index < -0.39 is 5.82 Å². The minimum absolute atomic E-state index is 0.0169. The first kappa shape index (κ1) is 12.7. The molecule has 5 heteroatoms. The highest BCUT2D eigenvalue weighted by molar-refractivity contribution is 6.31. The van der Waals surface area contributed by atoms with Crippen molar-refractivity contribution in [3.63, 3.8) is 0 Å². The van der Waals surface area contributed by atoms with Gasteiger partial charge in [0.2, 0.25) is 0 Å². The molecule has 1 amide bonds. The normalized spacial score (nSPS) is 20.4. The molecule has 0 bridgehead atoms. The molecule has 0 aliphatic carbocycles. The molecule has 1 unspecified atom stereocenters. The van der Waals surface area contributed by atoms with Crippen molar-refractivity contribution in [1.82, 2.24) is 4.90 Å². The topological polar surface area (TPSA) is 20.3 Å². The fourth-order valence-corrected chi connectivity index (χ4v) is 2.43. The molecule has 1 aromatic carbocycles. The molecule has 0 N–H and O–H groups in total. The van der Waals surface area contributed by atoms with Gasteiger partial charge in [0.05, 0.1) is 10.9 Å². The third-order valence-corrected chi connectivity index (χ3v) is 3.40. The minimum Gasteiger partial charge on any atom is -0.337 e. The maximum Gasteiger partial charge on any atom is 0.256 e. The van der Waals surface area contributed by atoms with E-state index in [2.05, 4.69) is 0 Å². The zero-order chi connectivity index (χ0) is 12.4. The summed E-state index contributed by atoms with van der Waals surface area (Å²) in [5.74, 6) is -0.883. The molecule has 1 heterocycles. The maximum atomic E-state index is 13.5. The lowest BCUT2D eigenvalue weighted by Gasteiger charge is -2.30. The van der Waals surface area contributed by atoms with Gasteiger partial charge in [0.15, 0.2) is 0 Å². The predicted octanol–water partition coefficient (Wildman–Crippen LogP) is 3.32. The number of benzene rings is 1. The SMILES string of the molecule is O=C(c1cc(Cl)ccc1F)N1CCCC(Cl)C1. The molecule has 0 aromatic heterocycles. The molecule has 0 saturated carbocycles. The summed E-state index contributed by atoms with van der Waals surface area (Å²) in [5.41, 5.74) is 0.0169. The van der Waals surface area contributed by atoms with Gasteiger partial charge in [-0.3, -0.25) is 4.79 Å². The molecule has 0 radical (unpaired) electrons. The van der Waals surface area contributed by atoms with Crippen LogP contribution in [0.4, 0.5) is 4.39 Å². The van der Waals surface area contributed by atoms with Crippen LogP contribution in [0.25, 0.3) is 0 Å². The zero-order valence-electron chi connectivity index (χ0n) is 9.13. The van der Waals surface area contributed by atoms with Crippen molar-refractivity contribution >= 4 is 29.1 Å². The quantitative estimate of drug-likeness (QED) is 0.720. The number of carbonyl (C=O) groups is 1. The van der Waals surface area contributed by atoms with E-state index in [1.807, 2.05) is 0 Å². The van der Waals surface area contributed by atoms with Crippen LogP contribution in [0.5, 0.6) is 0 Å². The number of nitrogens with zero attached hydrogens (tertiary/aromatic N) is 1. The molecule has 1 aromatic rings. The Morgan fingerprint density at radius 3 is 2.94 bits per heavy atom. The molecular weight excluding hydrogens is 264 g/mol. The first-order valence-electron chi connectivity index (χ1n) is 5.46. The molecule has 1 fully saturated rings. The van der Waals surface area contributed by atoms with Crippen molar-refractivity contribution in [2.24, 2.45) is 0 Å². The van der Waals surface area contributed by atoms with Crippen molar-refractivity contribution in [2.75, 3.05) is 13.1 Å². The number of alkyl halides is 1. The van der Waals surface area contributed by atoms with E-state index >= 15 is 0 Å². The molecule has 2 rings (SSSR count). The third-order valence-electron chi connectivity index (χ3n) is 2.81. The first-order valence-corrected chi connectivity index (χ1v) is 6.28. The molecule has 92 valence electrons. The van der Waals surface area contributed by atoms with Gasteiger partial charge in [-0.05, 0) is 31.0 Å². The highest BCUT2D eigenvalue weighted by atomic mass is 35.5. The van der Waals surface area contributed by atoms with Gasteiger partial charge in [0.1, 0.15) is 5.82 Å². The summed E-state index contributed by atoms with van der Waals surface area (Å²) < 4.78 is 13.5. The van der Waals surface area contributed by atoms with Gasteiger partial charge in [0, 0.05) is 18.1 Å². The van der Waals surface area contributed by atoms with E-state index in [0.29, 0.717) is 18.1 Å². The minimum atomic E-state index is -0.545. The smallest absolute Gasteiger partial charge is 0.256 e. The predicted molar refractivity (Wildman–Crippen MR) is 66.2 cm³/mol. The van der Waals surface area contributed by atoms with Crippen molar-refractivity contribution in [1.29, 1.82) is 0 Å². The second-order valence-corrected chi connectivity index (χ2v) is 5.17. The Kier molecular flexibility index (Phi) is 3.89. The summed E-state index contributed by atoms with van der Waals surface area (Å²) in [6.07, 6.45) is 1.74. The van der Waals surface area contributed by atoms with Crippen LogP contribution in [0.3, 0.4) is 0 Å². The summed E-state index contributed by atoms with van der Waals surface area (Å²) in [7, 11) is 0. The number of rotatable bonds is 1. The lowest BCUT2D eigenvalue weighted by atomic mass is 10.1. The summed E-state index contributed by atoms with van der Waals surface area (Å²) in [5, 5.41) is 0.309. The summed E-state index contributed by atoms with van der Waals surface area (Å²) in [6.45, 7) is 1.08. The fraction of sp³-hybridized carbons (Fsp3) is 0.417. The van der Waals surface area contributed by atoms with Crippen LogP contribution in [0.15, 0.2) is 18.2 Å². The van der Waals surface area contributed by atoms with Gasteiger partial charge in [-0.15, -0.1) is 11.6 Å². The summed E-state index contributed by atoms with van der Waals surface area (Å²) in [4.78, 5) is 13.7. The van der Waals surface area contributed by atoms with Crippen molar-refractivity contribution in [3.05, 3.63) is 34.6 Å². The third kappa shape index (κ3) is 2.90. The fourth-order valence-electron chi connectivity index (χ4n) is 1.94. The zero-order valence-corrected chi connectivity index (χ0v) is 10.6. The molecule has 2 nitrogen and oxygen atoms in total. The Hall–Kier alpha value is -0.800. The van der Waals surface area contributed by atoms with Gasteiger partial charge in [0.25, 0.3) is 5.91 Å². The van der Waals surface area contributed by atoms with Crippen LogP contribution in [-0.2, 0) is 0 Å². The van der Waals surface area contributed by atoms with Crippen molar-refractivity contribution in [2.45, 2.75) is 18.2 Å². The van der Waals surface area contributed by atoms with Crippen LogP contribution in [0, 0.1) is 5.82 Å². The largest absolute Gasteiger partial charge is 0.337 e. The molecular formula is C12H12Cl2FNO. The van der Waals surface area contributed by atoms with E-state index in [4.69, 9.17) is 23.2 Å². The van der Waals surface area contributed by atoms with Gasteiger partial charge in [-0.1, -0.05) is 11.6 Å². The molecule has 17 heavy (non-hydrogen) atoms. The lowest BCUT2D eigenvalue weighted by Crippen LogP contribution is -2.40. The lowest BCUT2D eigenvalue weighted by molar-refractivity contribution is 0.0722. The molecule has 1 atom stereocenters. The Labute approximate surface area is 109 Å². The van der Waals surface area contributed by atoms with Crippen LogP contribution in [0.1, 0.15) is 23.2 Å². The maximum absolute atomic E-state index is 13.5. The first-order chi connectivity index (χ1) is 8.08. The number of hydrogen-bond donors (Lipinski definition) is 0. The summed E-state index contributed by atoms with van der Waals surface area (Å²) >= 11 is 11.8. The Balaban J connectivity index is 2.21. The Morgan fingerprint density at radius 2 is 2.24 bits per heavy atom. The Morgan fingerprint density at radius 1 is 1.47 bits per heavy atom. The van der Waals surface area contributed by atoms with E-state index in [1.54, 1.807) is 4.90 Å². The molecule has 1 aliphatic rings. The number of halogens is 3. The van der Waals surface area contributed by atoms with Crippen LogP contribution >= 0.6 is 23.2 Å². The van der Waals surface area contributed by atoms with Gasteiger partial charge in [-0.2, -0.15) is 0 Å².